The highest BCUT2D eigenvalue weighted by atomic mass is 32.2. The van der Waals surface area contributed by atoms with Crippen molar-refractivity contribution in [1.29, 1.82) is 0 Å². The second-order valence-corrected chi connectivity index (χ2v) is 6.16. The lowest BCUT2D eigenvalue weighted by atomic mass is 10.1. The molecule has 0 spiro atoms. The maximum absolute atomic E-state index is 12.0. The second-order valence-electron chi connectivity index (χ2n) is 4.48. The zero-order chi connectivity index (χ0) is 14.0. The summed E-state index contributed by atoms with van der Waals surface area (Å²) in [5.74, 6) is -1.20. The number of carbonyl (C=O) groups is 1. The van der Waals surface area contributed by atoms with Gasteiger partial charge in [-0.05, 0) is 32.0 Å². The minimum absolute atomic E-state index is 0.111. The maximum Gasteiger partial charge on any atom is 0.335 e. The van der Waals surface area contributed by atoms with E-state index in [4.69, 9.17) is 10.2 Å². The lowest BCUT2D eigenvalue weighted by Gasteiger charge is -2.23. The molecule has 0 fully saturated rings. The predicted octanol–water partition coefficient (Wildman–Crippen LogP) is 0.434. The number of aliphatic hydroxyl groups excluding tert-OH is 1. The van der Waals surface area contributed by atoms with Crippen LogP contribution < -0.4 is 4.72 Å². The number of aromatic carboxylic acids is 1. The molecule has 0 saturated carbocycles. The molecule has 1 aromatic rings. The zero-order valence-corrected chi connectivity index (χ0v) is 10.9. The highest BCUT2D eigenvalue weighted by Gasteiger charge is 2.25. The number of aliphatic hydroxyl groups is 1. The number of sulfonamides is 1. The van der Waals surface area contributed by atoms with E-state index in [1.54, 1.807) is 0 Å². The fourth-order valence-corrected chi connectivity index (χ4v) is 2.70. The van der Waals surface area contributed by atoms with Gasteiger partial charge in [0, 0.05) is 0 Å². The first kappa shape index (κ1) is 14.6. The van der Waals surface area contributed by atoms with Crippen molar-refractivity contribution in [3.05, 3.63) is 29.8 Å². The number of benzene rings is 1. The van der Waals surface area contributed by atoms with Crippen molar-refractivity contribution >= 4 is 16.0 Å². The molecule has 0 aromatic heterocycles. The summed E-state index contributed by atoms with van der Waals surface area (Å²) in [4.78, 5) is 10.6. The van der Waals surface area contributed by atoms with E-state index < -0.39 is 21.5 Å². The van der Waals surface area contributed by atoms with Crippen molar-refractivity contribution in [2.24, 2.45) is 0 Å². The monoisotopic (exact) mass is 273 g/mol. The number of rotatable bonds is 5. The third-order valence-corrected chi connectivity index (χ3v) is 3.89. The molecule has 18 heavy (non-hydrogen) atoms. The molecule has 100 valence electrons. The fraction of sp³-hybridized carbons (Fsp3) is 0.364. The molecule has 0 aliphatic carbocycles. The van der Waals surface area contributed by atoms with E-state index >= 15 is 0 Å². The summed E-state index contributed by atoms with van der Waals surface area (Å²) >= 11 is 0. The number of carboxylic acids is 1. The smallest absolute Gasteiger partial charge is 0.335 e. The molecule has 1 rings (SSSR count). The molecular formula is C11H15NO5S. The van der Waals surface area contributed by atoms with Gasteiger partial charge < -0.3 is 10.2 Å². The van der Waals surface area contributed by atoms with Crippen LogP contribution in [0.25, 0.3) is 0 Å². The summed E-state index contributed by atoms with van der Waals surface area (Å²) in [6.07, 6.45) is 0. The molecule has 0 aliphatic rings. The lowest BCUT2D eigenvalue weighted by molar-refractivity contribution is 0.0696. The van der Waals surface area contributed by atoms with Crippen LogP contribution in [-0.2, 0) is 10.0 Å². The first-order valence-electron chi connectivity index (χ1n) is 5.16. The van der Waals surface area contributed by atoms with Crippen molar-refractivity contribution in [3.63, 3.8) is 0 Å². The normalized spacial score (nSPS) is 12.4. The van der Waals surface area contributed by atoms with Crippen LogP contribution in [-0.4, -0.2) is 36.7 Å². The number of carboxylic acid groups (broad SMARTS) is 1. The van der Waals surface area contributed by atoms with Gasteiger partial charge in [0.25, 0.3) is 0 Å². The van der Waals surface area contributed by atoms with Gasteiger partial charge in [-0.2, -0.15) is 0 Å². The molecule has 3 N–H and O–H groups in total. The van der Waals surface area contributed by atoms with Crippen LogP contribution in [0.15, 0.2) is 29.2 Å². The Kier molecular flexibility index (Phi) is 4.10. The van der Waals surface area contributed by atoms with Gasteiger partial charge >= 0.3 is 5.97 Å². The van der Waals surface area contributed by atoms with Crippen molar-refractivity contribution in [2.75, 3.05) is 6.61 Å². The van der Waals surface area contributed by atoms with Gasteiger partial charge in [0.1, 0.15) is 0 Å². The average molecular weight is 273 g/mol. The summed E-state index contributed by atoms with van der Waals surface area (Å²) in [5.41, 5.74) is -1.13. The van der Waals surface area contributed by atoms with Crippen LogP contribution in [0.1, 0.15) is 24.2 Å². The van der Waals surface area contributed by atoms with E-state index in [9.17, 15) is 13.2 Å². The first-order chi connectivity index (χ1) is 8.18. The van der Waals surface area contributed by atoms with Crippen LogP contribution in [0.3, 0.4) is 0 Å². The molecule has 0 saturated heterocycles. The van der Waals surface area contributed by atoms with Gasteiger partial charge in [-0.1, -0.05) is 6.07 Å². The maximum atomic E-state index is 12.0. The van der Waals surface area contributed by atoms with Crippen LogP contribution in [0.5, 0.6) is 0 Å². The Bertz CT molecular complexity index is 550. The SMILES string of the molecule is CC(C)(CO)NS(=O)(=O)c1cccc(C(=O)O)c1. The molecule has 0 amide bonds. The standard InChI is InChI=1S/C11H15NO5S/c1-11(2,7-13)12-18(16,17)9-5-3-4-8(6-9)10(14)15/h3-6,12-13H,7H2,1-2H3,(H,14,15). The van der Waals surface area contributed by atoms with Crippen LogP contribution >= 0.6 is 0 Å². The minimum Gasteiger partial charge on any atom is -0.478 e. The Morgan fingerprint density at radius 1 is 1.39 bits per heavy atom. The van der Waals surface area contributed by atoms with Gasteiger partial charge in [0.2, 0.25) is 10.0 Å². The molecule has 0 radical (unpaired) electrons. The van der Waals surface area contributed by atoms with Crippen LogP contribution in [0, 0.1) is 0 Å². The molecule has 0 unspecified atom stereocenters. The molecular weight excluding hydrogens is 258 g/mol. The van der Waals surface area contributed by atoms with Gasteiger partial charge in [-0.3, -0.25) is 0 Å². The fourth-order valence-electron chi connectivity index (χ4n) is 1.25. The molecule has 0 heterocycles. The molecule has 7 heteroatoms. The Labute approximate surface area is 105 Å². The van der Waals surface area contributed by atoms with Crippen molar-refractivity contribution in [3.8, 4) is 0 Å². The third kappa shape index (κ3) is 3.52. The summed E-state index contributed by atoms with van der Waals surface area (Å²) in [6.45, 7) is 2.67. The van der Waals surface area contributed by atoms with Gasteiger partial charge in [0.05, 0.1) is 22.6 Å². The van der Waals surface area contributed by atoms with E-state index in [0.717, 1.165) is 6.07 Å². The molecule has 1 aromatic carbocycles. The first-order valence-corrected chi connectivity index (χ1v) is 6.64. The molecule has 0 bridgehead atoms. The van der Waals surface area contributed by atoms with E-state index in [2.05, 4.69) is 4.72 Å². The van der Waals surface area contributed by atoms with Crippen molar-refractivity contribution < 1.29 is 23.4 Å². The second kappa shape index (κ2) is 5.05. The lowest BCUT2D eigenvalue weighted by Crippen LogP contribution is -2.46. The van der Waals surface area contributed by atoms with Crippen LogP contribution in [0.2, 0.25) is 0 Å². The third-order valence-electron chi connectivity index (χ3n) is 2.20. The summed E-state index contributed by atoms with van der Waals surface area (Å²) < 4.78 is 26.2. The predicted molar refractivity (Wildman–Crippen MR) is 64.9 cm³/mol. The van der Waals surface area contributed by atoms with Crippen molar-refractivity contribution in [1.82, 2.24) is 4.72 Å². The number of hydrogen-bond donors (Lipinski definition) is 3. The summed E-state index contributed by atoms with van der Waals surface area (Å²) in [5, 5.41) is 17.8. The van der Waals surface area contributed by atoms with Gasteiger partial charge in [-0.25, -0.2) is 17.9 Å². The minimum atomic E-state index is -3.86. The van der Waals surface area contributed by atoms with E-state index in [-0.39, 0.29) is 17.1 Å². The average Bonchev–Trinajstić information content (AvgIpc) is 2.28. The van der Waals surface area contributed by atoms with Crippen molar-refractivity contribution in [2.45, 2.75) is 24.3 Å². The van der Waals surface area contributed by atoms with Crippen LogP contribution in [0.4, 0.5) is 0 Å². The Morgan fingerprint density at radius 2 is 2.00 bits per heavy atom. The molecule has 0 aliphatic heterocycles. The topological polar surface area (TPSA) is 104 Å². The quantitative estimate of drug-likeness (QED) is 0.722. The summed E-state index contributed by atoms with van der Waals surface area (Å²) in [7, 11) is -3.86. The Balaban J connectivity index is 3.13. The number of hydrogen-bond acceptors (Lipinski definition) is 4. The van der Waals surface area contributed by atoms with E-state index in [1.165, 1.54) is 32.0 Å². The highest BCUT2D eigenvalue weighted by Crippen LogP contribution is 2.14. The highest BCUT2D eigenvalue weighted by molar-refractivity contribution is 7.89. The number of nitrogens with one attached hydrogen (secondary N) is 1. The van der Waals surface area contributed by atoms with E-state index in [1.807, 2.05) is 0 Å². The Hall–Kier alpha value is -1.44. The zero-order valence-electron chi connectivity index (χ0n) is 10.0. The van der Waals surface area contributed by atoms with Gasteiger partial charge in [-0.15, -0.1) is 0 Å². The molecule has 0 atom stereocenters. The summed E-state index contributed by atoms with van der Waals surface area (Å²) in [6, 6.07) is 5.02. The molecule has 6 nitrogen and oxygen atoms in total. The largest absolute Gasteiger partial charge is 0.478 e. The van der Waals surface area contributed by atoms with Gasteiger partial charge in [0.15, 0.2) is 0 Å². The van der Waals surface area contributed by atoms with E-state index in [0.29, 0.717) is 0 Å². The Morgan fingerprint density at radius 3 is 2.50 bits per heavy atom.